The topological polar surface area (TPSA) is 71.0 Å². The number of carbonyl (C=O) groups is 1. The molecule has 4 aromatic rings. The Labute approximate surface area is 183 Å². The lowest BCUT2D eigenvalue weighted by Crippen LogP contribution is -2.28. The number of likely N-dealkylation sites (N-methyl/N-ethyl adjacent to an activating group) is 1. The van der Waals surface area contributed by atoms with Crippen LogP contribution in [0.1, 0.15) is 16.3 Å². The van der Waals surface area contributed by atoms with E-state index >= 15 is 0 Å². The molecular formula is C23H22FN5OS. The highest BCUT2D eigenvalue weighted by Gasteiger charge is 2.15. The zero-order valence-electron chi connectivity index (χ0n) is 17.5. The third-order valence-corrected chi connectivity index (χ3v) is 5.91. The van der Waals surface area contributed by atoms with Gasteiger partial charge in [-0.25, -0.2) is 19.3 Å². The summed E-state index contributed by atoms with van der Waals surface area (Å²) in [5.41, 5.74) is 3.81. The second-order valence-electron chi connectivity index (χ2n) is 7.29. The first kappa shape index (κ1) is 20.9. The monoisotopic (exact) mass is 435 g/mol. The maximum Gasteiger partial charge on any atom is 0.228 e. The van der Waals surface area contributed by atoms with Crippen LogP contribution in [0.3, 0.4) is 0 Å². The Bertz CT molecular complexity index is 1260. The predicted octanol–water partition coefficient (Wildman–Crippen LogP) is 4.44. The highest BCUT2D eigenvalue weighted by molar-refractivity contribution is 7.09. The van der Waals surface area contributed by atoms with Gasteiger partial charge in [-0.1, -0.05) is 12.1 Å². The number of anilines is 1. The quantitative estimate of drug-likeness (QED) is 0.485. The van der Waals surface area contributed by atoms with Crippen LogP contribution in [-0.4, -0.2) is 39.9 Å². The van der Waals surface area contributed by atoms with E-state index in [2.05, 4.69) is 20.3 Å². The minimum absolute atomic E-state index is 0.100. The number of rotatable bonds is 6. The van der Waals surface area contributed by atoms with E-state index in [9.17, 15) is 9.18 Å². The summed E-state index contributed by atoms with van der Waals surface area (Å²) >= 11 is 1.51. The first-order valence-corrected chi connectivity index (χ1v) is 10.7. The van der Waals surface area contributed by atoms with E-state index in [1.807, 2.05) is 37.6 Å². The number of hydrogen-bond acceptors (Lipinski definition) is 6. The Morgan fingerprint density at radius 1 is 1.16 bits per heavy atom. The Hall–Kier alpha value is -3.39. The molecule has 0 atom stereocenters. The predicted molar refractivity (Wildman–Crippen MR) is 122 cm³/mol. The summed E-state index contributed by atoms with van der Waals surface area (Å²) in [6.45, 7) is 2.09. The number of hydrogen-bond donors (Lipinski definition) is 1. The molecule has 0 aliphatic carbocycles. The number of aromatic nitrogens is 3. The summed E-state index contributed by atoms with van der Waals surface area (Å²) < 4.78 is 14.5. The second kappa shape index (κ2) is 8.77. The van der Waals surface area contributed by atoms with Crippen LogP contribution < -0.4 is 5.32 Å². The largest absolute Gasteiger partial charge is 0.373 e. The molecule has 0 unspecified atom stereocenters. The molecule has 2 aromatic carbocycles. The van der Waals surface area contributed by atoms with Crippen molar-refractivity contribution < 1.29 is 9.18 Å². The van der Waals surface area contributed by atoms with Gasteiger partial charge in [0.1, 0.15) is 18.0 Å². The minimum atomic E-state index is -0.340. The first-order valence-electron chi connectivity index (χ1n) is 9.81. The number of carbonyl (C=O) groups excluding carboxylic acids is 1. The molecular weight excluding hydrogens is 413 g/mol. The molecule has 0 aliphatic heterocycles. The number of nitrogens with one attached hydrogen (secondary N) is 1. The molecule has 8 heteroatoms. The van der Waals surface area contributed by atoms with Crippen molar-refractivity contribution in [2.45, 2.75) is 19.9 Å². The van der Waals surface area contributed by atoms with E-state index < -0.39 is 0 Å². The Kier molecular flexibility index (Phi) is 5.90. The van der Waals surface area contributed by atoms with Gasteiger partial charge in [0.25, 0.3) is 0 Å². The van der Waals surface area contributed by atoms with E-state index in [-0.39, 0.29) is 24.7 Å². The highest BCUT2D eigenvalue weighted by atomic mass is 32.1. The Morgan fingerprint density at radius 3 is 2.68 bits per heavy atom. The molecule has 0 spiro atoms. The number of fused-ring (bicyclic) bond motifs is 1. The van der Waals surface area contributed by atoms with Crippen molar-refractivity contribution in [1.82, 2.24) is 19.9 Å². The summed E-state index contributed by atoms with van der Waals surface area (Å²) in [7, 11) is 3.49. The lowest BCUT2D eigenvalue weighted by Gasteiger charge is -2.18. The lowest BCUT2D eigenvalue weighted by molar-refractivity contribution is -0.129. The molecule has 1 N–H and O–H groups in total. The van der Waals surface area contributed by atoms with Crippen LogP contribution in [0, 0.1) is 12.7 Å². The van der Waals surface area contributed by atoms with E-state index in [1.165, 1.54) is 28.6 Å². The summed E-state index contributed by atoms with van der Waals surface area (Å²) in [4.78, 5) is 27.0. The van der Waals surface area contributed by atoms with Crippen molar-refractivity contribution >= 4 is 34.0 Å². The van der Waals surface area contributed by atoms with Gasteiger partial charge in [-0.3, -0.25) is 4.79 Å². The van der Waals surface area contributed by atoms with Gasteiger partial charge >= 0.3 is 0 Å². The summed E-state index contributed by atoms with van der Waals surface area (Å²) in [6, 6.07) is 10.8. The molecule has 1 amide bonds. The van der Waals surface area contributed by atoms with E-state index in [1.54, 1.807) is 19.2 Å². The van der Waals surface area contributed by atoms with Crippen LogP contribution in [0.5, 0.6) is 0 Å². The van der Waals surface area contributed by atoms with Crippen LogP contribution >= 0.6 is 11.3 Å². The fourth-order valence-corrected chi connectivity index (χ4v) is 4.05. The molecule has 4 rings (SSSR count). The molecule has 31 heavy (non-hydrogen) atoms. The minimum Gasteiger partial charge on any atom is -0.373 e. The van der Waals surface area contributed by atoms with E-state index in [4.69, 9.17) is 0 Å². The summed E-state index contributed by atoms with van der Waals surface area (Å²) in [5.74, 6) is 0.293. The lowest BCUT2D eigenvalue weighted by atomic mass is 10.0. The molecule has 158 valence electrons. The van der Waals surface area contributed by atoms with Crippen LogP contribution in [0.15, 0.2) is 48.1 Å². The zero-order valence-corrected chi connectivity index (χ0v) is 18.3. The number of amides is 1. The molecule has 2 aromatic heterocycles. The van der Waals surface area contributed by atoms with Gasteiger partial charge in [-0.05, 0) is 42.3 Å². The third kappa shape index (κ3) is 4.54. The summed E-state index contributed by atoms with van der Waals surface area (Å²) in [6.07, 6.45) is 1.73. The maximum atomic E-state index is 14.5. The van der Waals surface area contributed by atoms with E-state index in [0.29, 0.717) is 5.56 Å². The molecule has 0 saturated heterocycles. The molecule has 0 aliphatic rings. The average molecular weight is 436 g/mol. The Balaban J connectivity index is 1.58. The number of halogens is 1. The van der Waals surface area contributed by atoms with Crippen LogP contribution in [0.2, 0.25) is 0 Å². The van der Waals surface area contributed by atoms with Crippen LogP contribution in [0.25, 0.3) is 22.0 Å². The van der Waals surface area contributed by atoms with Crippen LogP contribution in [0.4, 0.5) is 10.2 Å². The standard InChI is InChI=1S/C23H22FN5OS/c1-14-28-18(12-31-14)10-22(30)29(3)11-17-8-15(4-6-20(17)24)16-5-7-21-19(9-16)23(25-2)27-13-26-21/h4-9,12-13H,10-11H2,1-3H3,(H,25,26,27). The summed E-state index contributed by atoms with van der Waals surface area (Å²) in [5, 5.41) is 6.76. The number of benzene rings is 2. The third-order valence-electron chi connectivity index (χ3n) is 5.08. The van der Waals surface area contributed by atoms with Crippen molar-refractivity contribution in [3.8, 4) is 11.1 Å². The fourth-order valence-electron chi connectivity index (χ4n) is 3.43. The van der Waals surface area contributed by atoms with Gasteiger partial charge in [0, 0.05) is 37.0 Å². The SMILES string of the molecule is CNc1ncnc2ccc(-c3ccc(F)c(CN(C)C(=O)Cc4csc(C)n4)c3)cc12. The Morgan fingerprint density at radius 2 is 1.94 bits per heavy atom. The average Bonchev–Trinajstić information content (AvgIpc) is 3.18. The van der Waals surface area contributed by atoms with Crippen molar-refractivity contribution in [1.29, 1.82) is 0 Å². The van der Waals surface area contributed by atoms with Gasteiger partial charge in [-0.15, -0.1) is 11.3 Å². The number of aryl methyl sites for hydroxylation is 1. The molecule has 0 radical (unpaired) electrons. The van der Waals surface area contributed by atoms with E-state index in [0.717, 1.165) is 38.5 Å². The molecule has 0 bridgehead atoms. The van der Waals surface area contributed by atoms with Crippen molar-refractivity contribution in [3.63, 3.8) is 0 Å². The van der Waals surface area contributed by atoms with Gasteiger partial charge in [0.05, 0.1) is 22.6 Å². The molecule has 2 heterocycles. The molecule has 0 fully saturated rings. The first-order chi connectivity index (χ1) is 14.9. The second-order valence-corrected chi connectivity index (χ2v) is 8.36. The number of nitrogens with zero attached hydrogens (tertiary/aromatic N) is 4. The van der Waals surface area contributed by atoms with Crippen molar-refractivity contribution in [2.24, 2.45) is 0 Å². The number of thiazole rings is 1. The smallest absolute Gasteiger partial charge is 0.228 e. The van der Waals surface area contributed by atoms with Gasteiger partial charge < -0.3 is 10.2 Å². The zero-order chi connectivity index (χ0) is 22.0. The van der Waals surface area contributed by atoms with Crippen molar-refractivity contribution in [3.05, 3.63) is 70.2 Å². The van der Waals surface area contributed by atoms with Crippen LogP contribution in [-0.2, 0) is 17.8 Å². The van der Waals surface area contributed by atoms with Gasteiger partial charge in [0.2, 0.25) is 5.91 Å². The highest BCUT2D eigenvalue weighted by Crippen LogP contribution is 2.28. The maximum absolute atomic E-state index is 14.5. The fraction of sp³-hybridized carbons (Fsp3) is 0.217. The molecule has 0 saturated carbocycles. The van der Waals surface area contributed by atoms with Gasteiger partial charge in [-0.2, -0.15) is 0 Å². The van der Waals surface area contributed by atoms with Gasteiger partial charge in [0.15, 0.2) is 0 Å². The van der Waals surface area contributed by atoms with Crippen molar-refractivity contribution in [2.75, 3.05) is 19.4 Å². The molecule has 6 nitrogen and oxygen atoms in total. The normalized spacial score (nSPS) is 11.0.